The number of hydrogen-bond donors (Lipinski definition) is 2. The molecule has 40 heavy (non-hydrogen) atoms. The summed E-state index contributed by atoms with van der Waals surface area (Å²) >= 11 is 0. The molecule has 0 saturated carbocycles. The number of anilines is 1. The summed E-state index contributed by atoms with van der Waals surface area (Å²) in [5.74, 6) is -3.42. The van der Waals surface area contributed by atoms with Gasteiger partial charge in [-0.25, -0.2) is 13.2 Å². The van der Waals surface area contributed by atoms with Crippen molar-refractivity contribution < 1.29 is 26.3 Å². The molecular weight excluding hydrogens is 530 g/mol. The number of nitrogens with zero attached hydrogens (tertiary/aromatic N) is 2. The largest absolute Gasteiger partial charge is 0.418 e. The standard InChI is InChI=1S/C30H20F6N4/c31-19-13-25(32)23(26(33)14-19)16-40-29(22-7-3-8-24(28(22)39-40)30(34,35)36)17-4-1-6-20(12-17)38-15-18-5-2-9-27-21(18)10-11-37-27/h1-14,37-38H,15-16H2. The van der Waals surface area contributed by atoms with Gasteiger partial charge in [-0.1, -0.05) is 36.4 Å². The van der Waals surface area contributed by atoms with Crippen molar-refractivity contribution in [1.29, 1.82) is 0 Å². The Balaban J connectivity index is 1.44. The molecule has 2 N–H and O–H groups in total. The summed E-state index contributed by atoms with van der Waals surface area (Å²) in [6.07, 6.45) is -2.85. The Labute approximate surface area is 223 Å². The second-order valence-corrected chi connectivity index (χ2v) is 9.34. The highest BCUT2D eigenvalue weighted by molar-refractivity contribution is 5.96. The van der Waals surface area contributed by atoms with Gasteiger partial charge in [0.15, 0.2) is 0 Å². The molecule has 0 bridgehead atoms. The van der Waals surface area contributed by atoms with Gasteiger partial charge >= 0.3 is 6.18 Å². The van der Waals surface area contributed by atoms with E-state index in [1.165, 1.54) is 12.1 Å². The van der Waals surface area contributed by atoms with Gasteiger partial charge in [0.05, 0.1) is 17.8 Å². The van der Waals surface area contributed by atoms with Crippen LogP contribution in [0.1, 0.15) is 16.7 Å². The normalized spacial score (nSPS) is 11.9. The second kappa shape index (κ2) is 9.78. The van der Waals surface area contributed by atoms with Crippen molar-refractivity contribution in [3.05, 3.63) is 119 Å². The third kappa shape index (κ3) is 4.66. The van der Waals surface area contributed by atoms with Crippen LogP contribution in [-0.2, 0) is 19.3 Å². The maximum Gasteiger partial charge on any atom is 0.418 e. The van der Waals surface area contributed by atoms with Gasteiger partial charge in [-0.05, 0) is 35.9 Å². The molecule has 0 unspecified atom stereocenters. The first-order chi connectivity index (χ1) is 19.2. The number of aromatic amines is 1. The van der Waals surface area contributed by atoms with E-state index in [2.05, 4.69) is 15.4 Å². The van der Waals surface area contributed by atoms with Gasteiger partial charge in [-0.2, -0.15) is 18.3 Å². The first kappa shape index (κ1) is 25.5. The van der Waals surface area contributed by atoms with E-state index in [0.29, 0.717) is 29.9 Å². The topological polar surface area (TPSA) is 45.6 Å². The lowest BCUT2D eigenvalue weighted by atomic mass is 10.0. The Kier molecular flexibility index (Phi) is 6.25. The summed E-state index contributed by atoms with van der Waals surface area (Å²) in [5, 5.41) is 8.70. The minimum Gasteiger partial charge on any atom is -0.381 e. The van der Waals surface area contributed by atoms with Gasteiger partial charge in [0.1, 0.15) is 23.0 Å². The number of rotatable bonds is 6. The summed E-state index contributed by atoms with van der Waals surface area (Å²) in [7, 11) is 0. The SMILES string of the molecule is Fc1cc(F)c(Cn2nc3c(C(F)(F)F)cccc3c2-c2cccc(NCc3cccc4[nH]ccc34)c2)c(F)c1. The minimum absolute atomic E-state index is 0.159. The average Bonchev–Trinajstić information content (AvgIpc) is 3.53. The molecule has 6 aromatic rings. The zero-order valence-electron chi connectivity index (χ0n) is 20.7. The van der Waals surface area contributed by atoms with E-state index in [9.17, 15) is 26.3 Å². The Morgan fingerprint density at radius 3 is 2.35 bits per heavy atom. The van der Waals surface area contributed by atoms with Gasteiger partial charge in [-0.3, -0.25) is 4.68 Å². The van der Waals surface area contributed by atoms with Crippen molar-refractivity contribution in [2.45, 2.75) is 19.3 Å². The van der Waals surface area contributed by atoms with Gasteiger partial charge in [0, 0.05) is 58.0 Å². The van der Waals surface area contributed by atoms with Crippen LogP contribution in [0.2, 0.25) is 0 Å². The Morgan fingerprint density at radius 1 is 0.825 bits per heavy atom. The fraction of sp³-hybridized carbons (Fsp3) is 0.100. The molecule has 0 aliphatic heterocycles. The minimum atomic E-state index is -4.70. The summed E-state index contributed by atoms with van der Waals surface area (Å²) in [5.41, 5.74) is 1.58. The molecule has 2 heterocycles. The van der Waals surface area contributed by atoms with Crippen molar-refractivity contribution in [1.82, 2.24) is 14.8 Å². The highest BCUT2D eigenvalue weighted by Gasteiger charge is 2.34. The lowest BCUT2D eigenvalue weighted by Gasteiger charge is -2.13. The molecule has 2 aromatic heterocycles. The maximum absolute atomic E-state index is 14.6. The summed E-state index contributed by atoms with van der Waals surface area (Å²) in [6.45, 7) is -0.0741. The van der Waals surface area contributed by atoms with Crippen molar-refractivity contribution in [2.24, 2.45) is 0 Å². The fourth-order valence-electron chi connectivity index (χ4n) is 4.95. The van der Waals surface area contributed by atoms with Crippen LogP contribution in [0.15, 0.2) is 85.1 Å². The van der Waals surface area contributed by atoms with Crippen molar-refractivity contribution in [3.8, 4) is 11.3 Å². The van der Waals surface area contributed by atoms with Crippen LogP contribution < -0.4 is 5.32 Å². The van der Waals surface area contributed by atoms with E-state index in [1.54, 1.807) is 18.2 Å². The molecular formula is C30H20F6N4. The highest BCUT2D eigenvalue weighted by atomic mass is 19.4. The van der Waals surface area contributed by atoms with E-state index >= 15 is 0 Å². The van der Waals surface area contributed by atoms with Crippen LogP contribution in [0.4, 0.5) is 32.0 Å². The number of halogens is 6. The maximum atomic E-state index is 14.6. The van der Waals surface area contributed by atoms with Gasteiger partial charge in [0.2, 0.25) is 0 Å². The smallest absolute Gasteiger partial charge is 0.381 e. The number of fused-ring (bicyclic) bond motifs is 2. The Morgan fingerprint density at radius 2 is 1.57 bits per heavy atom. The summed E-state index contributed by atoms with van der Waals surface area (Å²) in [6, 6.07) is 19.5. The van der Waals surface area contributed by atoms with Crippen LogP contribution in [0.3, 0.4) is 0 Å². The molecule has 6 rings (SSSR count). The van der Waals surface area contributed by atoms with E-state index in [4.69, 9.17) is 0 Å². The number of hydrogen-bond acceptors (Lipinski definition) is 2. The molecule has 0 atom stereocenters. The Hall–Kier alpha value is -4.73. The fourth-order valence-corrected chi connectivity index (χ4v) is 4.95. The van der Waals surface area contributed by atoms with Gasteiger partial charge in [0.25, 0.3) is 0 Å². The lowest BCUT2D eigenvalue weighted by Crippen LogP contribution is -2.09. The van der Waals surface area contributed by atoms with E-state index in [-0.39, 0.29) is 16.6 Å². The molecule has 0 saturated heterocycles. The van der Waals surface area contributed by atoms with Crippen molar-refractivity contribution in [2.75, 3.05) is 5.32 Å². The summed E-state index contributed by atoms with van der Waals surface area (Å²) in [4.78, 5) is 3.16. The highest BCUT2D eigenvalue weighted by Crippen LogP contribution is 2.39. The molecule has 0 aliphatic carbocycles. The van der Waals surface area contributed by atoms with Crippen LogP contribution in [0, 0.1) is 17.5 Å². The van der Waals surface area contributed by atoms with Gasteiger partial charge in [-0.15, -0.1) is 0 Å². The number of H-pyrrole nitrogens is 1. The molecule has 10 heteroatoms. The zero-order valence-corrected chi connectivity index (χ0v) is 20.7. The van der Waals surface area contributed by atoms with E-state index in [1.807, 2.05) is 36.5 Å². The molecule has 202 valence electrons. The molecule has 0 amide bonds. The lowest BCUT2D eigenvalue weighted by molar-refractivity contribution is -0.136. The van der Waals surface area contributed by atoms with Crippen LogP contribution in [0.5, 0.6) is 0 Å². The number of benzene rings is 4. The molecule has 0 fully saturated rings. The number of nitrogens with one attached hydrogen (secondary N) is 2. The first-order valence-corrected chi connectivity index (χ1v) is 12.3. The Bertz CT molecular complexity index is 1850. The predicted molar refractivity (Wildman–Crippen MR) is 141 cm³/mol. The molecule has 4 nitrogen and oxygen atoms in total. The van der Waals surface area contributed by atoms with Crippen molar-refractivity contribution in [3.63, 3.8) is 0 Å². The van der Waals surface area contributed by atoms with Crippen LogP contribution in [0.25, 0.3) is 33.1 Å². The molecule has 0 spiro atoms. The molecule has 4 aromatic carbocycles. The molecule has 0 radical (unpaired) electrons. The first-order valence-electron chi connectivity index (χ1n) is 12.3. The van der Waals surface area contributed by atoms with Crippen molar-refractivity contribution >= 4 is 27.5 Å². The number of aromatic nitrogens is 3. The second-order valence-electron chi connectivity index (χ2n) is 9.34. The predicted octanol–water partition coefficient (Wildman–Crippen LogP) is 8.28. The molecule has 0 aliphatic rings. The monoisotopic (exact) mass is 550 g/mol. The van der Waals surface area contributed by atoms with Gasteiger partial charge < -0.3 is 10.3 Å². The number of alkyl halides is 3. The van der Waals surface area contributed by atoms with Crippen LogP contribution in [-0.4, -0.2) is 14.8 Å². The van der Waals surface area contributed by atoms with Crippen LogP contribution >= 0.6 is 0 Å². The quantitative estimate of drug-likeness (QED) is 0.205. The summed E-state index contributed by atoms with van der Waals surface area (Å²) < 4.78 is 85.3. The van der Waals surface area contributed by atoms with E-state index in [0.717, 1.165) is 27.2 Å². The average molecular weight is 551 g/mol. The van der Waals surface area contributed by atoms with E-state index < -0.39 is 41.3 Å². The third-order valence-electron chi connectivity index (χ3n) is 6.79. The zero-order chi connectivity index (χ0) is 28.0. The third-order valence-corrected chi connectivity index (χ3v) is 6.79.